The minimum absolute atomic E-state index is 0.171. The lowest BCUT2D eigenvalue weighted by molar-refractivity contribution is -0.136. The van der Waals surface area contributed by atoms with Crippen LogP contribution in [0.2, 0.25) is 0 Å². The SMILES string of the molecule is NC(=O)N1CCCCC(OC(=O)c2cc(-c3ccncc3)n[nH]c2=O)C1=O. The molecule has 27 heavy (non-hydrogen) atoms. The number of imide groups is 1. The lowest BCUT2D eigenvalue weighted by Gasteiger charge is -2.20. The number of likely N-dealkylation sites (tertiary alicyclic amines) is 1. The molecule has 3 amide bonds. The molecule has 2 aromatic heterocycles. The highest BCUT2D eigenvalue weighted by atomic mass is 16.5. The van der Waals surface area contributed by atoms with Gasteiger partial charge in [-0.3, -0.25) is 19.5 Å². The Kier molecular flexibility index (Phi) is 5.25. The van der Waals surface area contributed by atoms with Crippen molar-refractivity contribution in [3.8, 4) is 11.3 Å². The van der Waals surface area contributed by atoms with Gasteiger partial charge in [0.05, 0.1) is 5.69 Å². The number of aromatic amines is 1. The van der Waals surface area contributed by atoms with Crippen LogP contribution < -0.4 is 11.3 Å². The maximum absolute atomic E-state index is 12.5. The largest absolute Gasteiger partial charge is 0.448 e. The van der Waals surface area contributed by atoms with Gasteiger partial charge in [0.1, 0.15) is 5.56 Å². The summed E-state index contributed by atoms with van der Waals surface area (Å²) in [5.41, 5.74) is 5.14. The van der Waals surface area contributed by atoms with Crippen LogP contribution in [0.4, 0.5) is 4.79 Å². The number of hydrogen-bond donors (Lipinski definition) is 2. The van der Waals surface area contributed by atoms with E-state index in [9.17, 15) is 19.2 Å². The molecule has 1 atom stereocenters. The third-order valence-electron chi connectivity index (χ3n) is 4.15. The molecule has 1 unspecified atom stereocenters. The predicted octanol–water partition coefficient (Wildman–Crippen LogP) is 0.448. The molecule has 1 aliphatic rings. The fraction of sp³-hybridized carbons (Fsp3) is 0.294. The van der Waals surface area contributed by atoms with Gasteiger partial charge in [0.25, 0.3) is 11.5 Å². The molecule has 0 saturated carbocycles. The summed E-state index contributed by atoms with van der Waals surface area (Å²) in [6.45, 7) is 0.171. The zero-order valence-electron chi connectivity index (χ0n) is 14.3. The molecule has 2 aromatic rings. The standard InChI is InChI=1S/C17H17N5O5/c18-17(26)22-8-2-1-3-13(15(22)24)27-16(25)11-9-12(20-21-14(11)23)10-4-6-19-7-5-10/h4-7,9,13H,1-3,8H2,(H2,18,26)(H,21,23). The third-order valence-corrected chi connectivity index (χ3v) is 4.15. The number of carbonyl (C=O) groups is 3. The lowest BCUT2D eigenvalue weighted by atomic mass is 10.1. The van der Waals surface area contributed by atoms with Gasteiger partial charge in [-0.05, 0) is 37.5 Å². The predicted molar refractivity (Wildman–Crippen MR) is 92.4 cm³/mol. The van der Waals surface area contributed by atoms with Crippen molar-refractivity contribution >= 4 is 17.9 Å². The quantitative estimate of drug-likeness (QED) is 0.744. The van der Waals surface area contributed by atoms with E-state index in [1.165, 1.54) is 6.07 Å². The molecular formula is C17H17N5O5. The van der Waals surface area contributed by atoms with E-state index in [0.717, 1.165) is 4.90 Å². The average molecular weight is 371 g/mol. The van der Waals surface area contributed by atoms with Crippen LogP contribution in [0.3, 0.4) is 0 Å². The molecule has 1 saturated heterocycles. The first kappa shape index (κ1) is 18.2. The van der Waals surface area contributed by atoms with Crippen LogP contribution in [0.15, 0.2) is 35.4 Å². The van der Waals surface area contributed by atoms with Crippen molar-refractivity contribution < 1.29 is 19.1 Å². The number of nitrogens with zero attached hydrogens (tertiary/aromatic N) is 3. The zero-order valence-corrected chi connectivity index (χ0v) is 14.3. The highest BCUT2D eigenvalue weighted by Crippen LogP contribution is 2.18. The smallest absolute Gasteiger partial charge is 0.344 e. The van der Waals surface area contributed by atoms with E-state index in [2.05, 4.69) is 15.2 Å². The summed E-state index contributed by atoms with van der Waals surface area (Å²) < 4.78 is 5.22. The van der Waals surface area contributed by atoms with Crippen LogP contribution >= 0.6 is 0 Å². The van der Waals surface area contributed by atoms with E-state index >= 15 is 0 Å². The number of carbonyl (C=O) groups excluding carboxylic acids is 3. The average Bonchev–Trinajstić information content (AvgIpc) is 2.84. The summed E-state index contributed by atoms with van der Waals surface area (Å²) in [6.07, 6.45) is 3.29. The van der Waals surface area contributed by atoms with Crippen LogP contribution in [0.25, 0.3) is 11.3 Å². The molecular weight excluding hydrogens is 354 g/mol. The summed E-state index contributed by atoms with van der Waals surface area (Å²) in [5, 5.41) is 6.13. The lowest BCUT2D eigenvalue weighted by Crippen LogP contribution is -2.46. The first-order valence-electron chi connectivity index (χ1n) is 8.29. The van der Waals surface area contributed by atoms with E-state index in [4.69, 9.17) is 10.5 Å². The van der Waals surface area contributed by atoms with Gasteiger partial charge in [-0.2, -0.15) is 5.10 Å². The van der Waals surface area contributed by atoms with Crippen molar-refractivity contribution in [2.75, 3.05) is 6.54 Å². The van der Waals surface area contributed by atoms with Crippen molar-refractivity contribution in [2.45, 2.75) is 25.4 Å². The number of primary amides is 1. The van der Waals surface area contributed by atoms with E-state index in [1.54, 1.807) is 24.5 Å². The maximum Gasteiger partial charge on any atom is 0.344 e. The summed E-state index contributed by atoms with van der Waals surface area (Å²) in [6, 6.07) is 3.71. The first-order chi connectivity index (χ1) is 13.0. The topological polar surface area (TPSA) is 148 Å². The second kappa shape index (κ2) is 7.77. The summed E-state index contributed by atoms with van der Waals surface area (Å²) in [5.74, 6) is -1.66. The molecule has 0 bridgehead atoms. The van der Waals surface area contributed by atoms with Gasteiger partial charge in [0.2, 0.25) is 0 Å². The van der Waals surface area contributed by atoms with Crippen molar-refractivity contribution in [3.63, 3.8) is 0 Å². The Bertz CT molecular complexity index is 927. The Morgan fingerprint density at radius 2 is 1.96 bits per heavy atom. The highest BCUT2D eigenvalue weighted by Gasteiger charge is 2.33. The fourth-order valence-electron chi connectivity index (χ4n) is 2.76. The van der Waals surface area contributed by atoms with Crippen LogP contribution in [0.1, 0.15) is 29.6 Å². The number of H-pyrrole nitrogens is 1. The Morgan fingerprint density at radius 3 is 2.67 bits per heavy atom. The summed E-state index contributed by atoms with van der Waals surface area (Å²) >= 11 is 0. The van der Waals surface area contributed by atoms with Crippen LogP contribution in [-0.2, 0) is 9.53 Å². The first-order valence-corrected chi connectivity index (χ1v) is 8.29. The van der Waals surface area contributed by atoms with Gasteiger partial charge in [0.15, 0.2) is 6.10 Å². The number of nitrogens with one attached hydrogen (secondary N) is 1. The molecule has 10 nitrogen and oxygen atoms in total. The number of esters is 1. The van der Waals surface area contributed by atoms with Crippen molar-refractivity contribution in [1.29, 1.82) is 0 Å². The molecule has 3 rings (SSSR count). The van der Waals surface area contributed by atoms with Crippen molar-refractivity contribution in [2.24, 2.45) is 5.73 Å². The van der Waals surface area contributed by atoms with Gasteiger partial charge in [-0.15, -0.1) is 0 Å². The minimum atomic E-state index is -1.18. The van der Waals surface area contributed by atoms with Gasteiger partial charge in [-0.25, -0.2) is 14.7 Å². The zero-order chi connectivity index (χ0) is 19.4. The van der Waals surface area contributed by atoms with E-state index in [-0.39, 0.29) is 18.5 Å². The maximum atomic E-state index is 12.5. The van der Waals surface area contributed by atoms with Gasteiger partial charge in [-0.1, -0.05) is 0 Å². The molecule has 3 heterocycles. The van der Waals surface area contributed by atoms with Gasteiger partial charge < -0.3 is 10.5 Å². The minimum Gasteiger partial charge on any atom is -0.448 e. The highest BCUT2D eigenvalue weighted by molar-refractivity contribution is 5.98. The molecule has 140 valence electrons. The van der Waals surface area contributed by atoms with Crippen LogP contribution in [-0.4, -0.2) is 50.6 Å². The third kappa shape index (κ3) is 4.00. The molecule has 10 heteroatoms. The van der Waals surface area contributed by atoms with Gasteiger partial charge >= 0.3 is 12.0 Å². The molecule has 0 spiro atoms. The van der Waals surface area contributed by atoms with E-state index in [1.807, 2.05) is 0 Å². The van der Waals surface area contributed by atoms with Crippen LogP contribution in [0.5, 0.6) is 0 Å². The molecule has 1 aliphatic heterocycles. The number of ether oxygens (including phenoxy) is 1. The second-order valence-corrected chi connectivity index (χ2v) is 5.95. The number of pyridine rings is 1. The molecule has 3 N–H and O–H groups in total. The van der Waals surface area contributed by atoms with Crippen LogP contribution in [0, 0.1) is 0 Å². The monoisotopic (exact) mass is 371 g/mol. The van der Waals surface area contributed by atoms with E-state index < -0.39 is 29.6 Å². The Morgan fingerprint density at radius 1 is 1.22 bits per heavy atom. The summed E-state index contributed by atoms with van der Waals surface area (Å²) in [4.78, 5) is 53.0. The number of rotatable bonds is 3. The number of nitrogens with two attached hydrogens (primary N) is 1. The van der Waals surface area contributed by atoms with E-state index in [0.29, 0.717) is 24.1 Å². The Balaban J connectivity index is 1.84. The number of urea groups is 1. The normalized spacial score (nSPS) is 17.3. The second-order valence-electron chi connectivity index (χ2n) is 5.95. The number of hydrogen-bond acceptors (Lipinski definition) is 7. The molecule has 0 aliphatic carbocycles. The van der Waals surface area contributed by atoms with Gasteiger partial charge in [0, 0.05) is 24.5 Å². The Hall–Kier alpha value is -3.56. The summed E-state index contributed by atoms with van der Waals surface area (Å²) in [7, 11) is 0. The fourth-order valence-corrected chi connectivity index (χ4v) is 2.76. The number of aromatic nitrogens is 3. The number of amides is 3. The Labute approximate surface area is 153 Å². The molecule has 0 aromatic carbocycles. The molecule has 1 fully saturated rings. The van der Waals surface area contributed by atoms with Crippen molar-refractivity contribution in [3.05, 3.63) is 46.5 Å². The molecule has 0 radical (unpaired) electrons. The van der Waals surface area contributed by atoms with Crippen molar-refractivity contribution in [1.82, 2.24) is 20.1 Å².